The van der Waals surface area contributed by atoms with Gasteiger partial charge in [-0.15, -0.1) is 0 Å². The van der Waals surface area contributed by atoms with Gasteiger partial charge in [0.05, 0.1) is 0 Å². The smallest absolute Gasteiger partial charge is 0.306 e. The lowest BCUT2D eigenvalue weighted by Gasteiger charge is -2.29. The third-order valence-corrected chi connectivity index (χ3v) is 18.2. The van der Waals surface area contributed by atoms with Gasteiger partial charge in [-0.05, 0) is 126 Å². The van der Waals surface area contributed by atoms with Gasteiger partial charge >= 0.3 is 11.9 Å². The normalized spacial score (nSPS) is 16.3. The third-order valence-electron chi connectivity index (χ3n) is 18.2. The fourth-order valence-electron chi connectivity index (χ4n) is 13.8. The summed E-state index contributed by atoms with van der Waals surface area (Å²) in [5.41, 5.74) is 9.47. The molecule has 2 fully saturated rings. The van der Waals surface area contributed by atoms with Crippen LogP contribution in [0, 0.1) is 11.8 Å². The number of hydrogen-bond donors (Lipinski definition) is 2. The molecule has 85 heavy (non-hydrogen) atoms. The molecule has 0 unspecified atom stereocenters. The second kappa shape index (κ2) is 27.9. The Balaban J connectivity index is 0.754. The van der Waals surface area contributed by atoms with Gasteiger partial charge in [-0.25, -0.2) is 0 Å². The second-order valence-corrected chi connectivity index (χ2v) is 26.9. The minimum Gasteiger partial charge on any atom is -0.462 e. The van der Waals surface area contributed by atoms with Crippen molar-refractivity contribution in [2.75, 3.05) is 10.6 Å². The molecule has 0 radical (unpaired) electrons. The van der Waals surface area contributed by atoms with Gasteiger partial charge in [-0.3, -0.25) is 19.2 Å². The zero-order valence-corrected chi connectivity index (χ0v) is 51.3. The van der Waals surface area contributed by atoms with E-state index in [0.717, 1.165) is 117 Å². The summed E-state index contributed by atoms with van der Waals surface area (Å²) in [5.74, 6) is 3.16. The molecule has 0 aromatic heterocycles. The van der Waals surface area contributed by atoms with Crippen LogP contribution in [0.5, 0.6) is 23.0 Å². The van der Waals surface area contributed by atoms with Crippen LogP contribution in [-0.4, -0.2) is 36.0 Å². The van der Waals surface area contributed by atoms with Crippen LogP contribution >= 0.6 is 0 Å². The highest BCUT2D eigenvalue weighted by Gasteiger charge is 2.33. The number of benzene rings is 6. The molecular weight excluding hydrogens is 1060 g/mol. The van der Waals surface area contributed by atoms with E-state index in [-0.39, 0.29) is 84.3 Å². The standard InChI is InChI=1S/C75H90N2O8/c1-74(2,3)62-42-38-52(46-64(62)76-70(78)48-60-56-26-13-17-30-66(56)84-67-31-18-14-27-57(60)67)36-40-54(44-50-22-9-7-10-23-50)82-72(80)34-21-35-73(81)83-55(45-51-24-11-8-12-25-51)41-37-53-39-43-63(75(4,5)6)65(47-53)77-71(79)49-61-58-28-15-19-32-68(58)85-69-33-20-16-29-59(61)69/h13-20,26-33,38-39,42-43,46-47,50-51,54-55,60-61H,7-12,21-25,34-37,40-41,44-45,48-49H2,1-6H3,(H,76,78)(H,77,79)/t54-,55-/m0/s1. The zero-order valence-electron chi connectivity index (χ0n) is 51.3. The van der Waals surface area contributed by atoms with Crippen LogP contribution in [0.2, 0.25) is 0 Å². The van der Waals surface area contributed by atoms with Crippen LogP contribution in [0.1, 0.15) is 220 Å². The van der Waals surface area contributed by atoms with E-state index < -0.39 is 0 Å². The Bertz CT molecular complexity index is 2970. The van der Waals surface area contributed by atoms with Gasteiger partial charge in [-0.1, -0.05) is 203 Å². The summed E-state index contributed by atoms with van der Waals surface area (Å²) in [4.78, 5) is 55.9. The second-order valence-electron chi connectivity index (χ2n) is 26.9. The largest absolute Gasteiger partial charge is 0.462 e. The Morgan fingerprint density at radius 2 is 0.812 bits per heavy atom. The van der Waals surface area contributed by atoms with E-state index in [2.05, 4.69) is 88.6 Å². The predicted molar refractivity (Wildman–Crippen MR) is 339 cm³/mol. The Labute approximate surface area is 505 Å². The Morgan fingerprint density at radius 3 is 1.15 bits per heavy atom. The van der Waals surface area contributed by atoms with Crippen LogP contribution in [0.25, 0.3) is 0 Å². The number of amides is 2. The summed E-state index contributed by atoms with van der Waals surface area (Å²) in [6, 6.07) is 44.7. The Hall–Kier alpha value is -7.20. The maximum absolute atomic E-state index is 14.2. The number of hydrogen-bond acceptors (Lipinski definition) is 8. The number of esters is 2. The monoisotopic (exact) mass is 1150 g/mol. The fourth-order valence-corrected chi connectivity index (χ4v) is 13.8. The van der Waals surface area contributed by atoms with Crippen molar-refractivity contribution in [2.45, 2.75) is 211 Å². The number of para-hydroxylation sites is 4. The minimum atomic E-state index is -0.274. The van der Waals surface area contributed by atoms with Gasteiger partial charge < -0.3 is 29.6 Å². The summed E-state index contributed by atoms with van der Waals surface area (Å²) in [5, 5.41) is 6.68. The molecule has 6 aromatic carbocycles. The van der Waals surface area contributed by atoms with Crippen LogP contribution in [0.15, 0.2) is 133 Å². The molecule has 10 heteroatoms. The van der Waals surface area contributed by atoms with Gasteiger partial charge in [0.25, 0.3) is 0 Å². The number of ether oxygens (including phenoxy) is 4. The van der Waals surface area contributed by atoms with E-state index in [0.29, 0.717) is 43.9 Å². The lowest BCUT2D eigenvalue weighted by Crippen LogP contribution is -2.25. The van der Waals surface area contributed by atoms with E-state index >= 15 is 0 Å². The molecule has 6 aromatic rings. The zero-order chi connectivity index (χ0) is 59.5. The Morgan fingerprint density at radius 1 is 0.471 bits per heavy atom. The van der Waals surface area contributed by atoms with Crippen molar-refractivity contribution in [1.29, 1.82) is 0 Å². The van der Waals surface area contributed by atoms with Gasteiger partial charge in [-0.2, -0.15) is 0 Å². The maximum atomic E-state index is 14.2. The first-order valence-electron chi connectivity index (χ1n) is 32.0. The molecule has 2 heterocycles. The predicted octanol–water partition coefficient (Wildman–Crippen LogP) is 18.3. The van der Waals surface area contributed by atoms with Crippen molar-refractivity contribution in [1.82, 2.24) is 0 Å². The fraction of sp³-hybridized carbons (Fsp3) is 0.467. The quantitative estimate of drug-likeness (QED) is 0.0643. The molecule has 4 aliphatic rings. The molecule has 2 amide bonds. The molecule has 2 aliphatic carbocycles. The summed E-state index contributed by atoms with van der Waals surface area (Å²) < 4.78 is 25.2. The van der Waals surface area contributed by atoms with Gasteiger partial charge in [0.1, 0.15) is 35.2 Å². The van der Waals surface area contributed by atoms with Crippen LogP contribution < -0.4 is 20.1 Å². The number of nitrogens with one attached hydrogen (secondary N) is 2. The molecule has 10 rings (SSSR count). The van der Waals surface area contributed by atoms with Crippen LogP contribution in [0.3, 0.4) is 0 Å². The molecule has 0 saturated heterocycles. The minimum absolute atomic E-state index is 0.0626. The number of carbonyl (C=O) groups is 4. The van der Waals surface area contributed by atoms with Crippen LogP contribution in [0.4, 0.5) is 11.4 Å². The number of aryl methyl sites for hydroxylation is 2. The number of anilines is 2. The lowest BCUT2D eigenvalue weighted by atomic mass is 9.83. The highest BCUT2D eigenvalue weighted by Crippen LogP contribution is 2.48. The molecule has 2 N–H and O–H groups in total. The van der Waals surface area contributed by atoms with Crippen molar-refractivity contribution < 1.29 is 38.1 Å². The SMILES string of the molecule is CC(C)(C)c1ccc(CC[C@@H](CC2CCCCC2)OC(=O)CCCC(=O)O[C@@H](CCc2ccc(C(C)(C)C)c(NC(=O)CC3c4ccccc4Oc4ccccc43)c2)CC2CCCCC2)cc1NC(=O)CC1c2ccccc2Oc2ccccc21. The summed E-state index contributed by atoms with van der Waals surface area (Å²) in [6.45, 7) is 13.0. The lowest BCUT2D eigenvalue weighted by molar-refractivity contribution is -0.152. The average molecular weight is 1150 g/mol. The van der Waals surface area contributed by atoms with Crippen molar-refractivity contribution >= 4 is 35.1 Å². The van der Waals surface area contributed by atoms with Gasteiger partial charge in [0.15, 0.2) is 0 Å². The average Bonchev–Trinajstić information content (AvgIpc) is 2.15. The van der Waals surface area contributed by atoms with Gasteiger partial charge in [0.2, 0.25) is 11.8 Å². The van der Waals surface area contributed by atoms with E-state index in [1.807, 2.05) is 97.1 Å². The third kappa shape index (κ3) is 16.2. The number of carbonyl (C=O) groups excluding carboxylic acids is 4. The maximum Gasteiger partial charge on any atom is 0.306 e. The number of fused-ring (bicyclic) bond motifs is 4. The molecular formula is C75H90N2O8. The molecule has 448 valence electrons. The van der Waals surface area contributed by atoms with Gasteiger partial charge in [0, 0.05) is 71.1 Å². The highest BCUT2D eigenvalue weighted by atomic mass is 16.5. The molecule has 0 bridgehead atoms. The van der Waals surface area contributed by atoms with Crippen LogP contribution in [-0.2, 0) is 52.3 Å². The van der Waals surface area contributed by atoms with Crippen molar-refractivity contribution in [2.24, 2.45) is 11.8 Å². The Kier molecular flexibility index (Phi) is 20.0. The van der Waals surface area contributed by atoms with Crippen molar-refractivity contribution in [3.05, 3.63) is 178 Å². The summed E-state index contributed by atoms with van der Waals surface area (Å²) in [7, 11) is 0. The van der Waals surface area contributed by atoms with E-state index in [9.17, 15) is 19.2 Å². The highest BCUT2D eigenvalue weighted by molar-refractivity contribution is 5.94. The molecule has 10 nitrogen and oxygen atoms in total. The van der Waals surface area contributed by atoms with E-state index in [4.69, 9.17) is 18.9 Å². The van der Waals surface area contributed by atoms with Crippen molar-refractivity contribution in [3.63, 3.8) is 0 Å². The first-order chi connectivity index (χ1) is 41.0. The first kappa shape index (κ1) is 60.9. The topological polar surface area (TPSA) is 129 Å². The van der Waals surface area contributed by atoms with E-state index in [1.54, 1.807) is 0 Å². The molecule has 0 spiro atoms. The summed E-state index contributed by atoms with van der Waals surface area (Å²) >= 11 is 0. The summed E-state index contributed by atoms with van der Waals surface area (Å²) in [6.07, 6.45) is 16.9. The number of rotatable bonds is 22. The molecule has 2 saturated carbocycles. The molecule has 2 atom stereocenters. The first-order valence-corrected chi connectivity index (χ1v) is 32.0. The van der Waals surface area contributed by atoms with Crippen molar-refractivity contribution in [3.8, 4) is 23.0 Å². The molecule has 2 aliphatic heterocycles. The van der Waals surface area contributed by atoms with E-state index in [1.165, 1.54) is 38.5 Å².